The molecule has 0 saturated heterocycles. The Kier molecular flexibility index (Phi) is 4.32. The predicted molar refractivity (Wildman–Crippen MR) is 60.2 cm³/mol. The van der Waals surface area contributed by atoms with Gasteiger partial charge in [0.05, 0.1) is 17.4 Å². The number of hydrogen-bond donors (Lipinski definition) is 1. The number of benzene rings is 1. The van der Waals surface area contributed by atoms with Crippen molar-refractivity contribution in [2.75, 3.05) is 0 Å². The molecule has 1 atom stereocenters. The van der Waals surface area contributed by atoms with Crippen LogP contribution in [0, 0.1) is 27.3 Å². The molecule has 7 heteroatoms. The molecule has 1 aromatic rings. The molecule has 1 unspecified atom stereocenters. The van der Waals surface area contributed by atoms with Crippen LogP contribution in [0.25, 0.3) is 0 Å². The molecule has 0 fully saturated rings. The molecule has 18 heavy (non-hydrogen) atoms. The molecule has 0 aromatic heterocycles. The number of nitrogens with one attached hydrogen (secondary N) is 1. The summed E-state index contributed by atoms with van der Waals surface area (Å²) in [5.41, 5.74) is -0.775. The van der Waals surface area contributed by atoms with E-state index >= 15 is 0 Å². The normalized spacial score (nSPS) is 11.4. The van der Waals surface area contributed by atoms with E-state index in [1.807, 2.05) is 6.07 Å². The number of rotatable bonds is 4. The number of halogens is 1. The average molecular weight is 251 g/mol. The van der Waals surface area contributed by atoms with Crippen LogP contribution < -0.4 is 5.32 Å². The summed E-state index contributed by atoms with van der Waals surface area (Å²) >= 11 is 0. The van der Waals surface area contributed by atoms with Gasteiger partial charge in [-0.15, -0.1) is 0 Å². The summed E-state index contributed by atoms with van der Waals surface area (Å²) in [4.78, 5) is 21.3. The van der Waals surface area contributed by atoms with Crippen LogP contribution in [0.1, 0.15) is 23.7 Å². The third-order valence-electron chi connectivity index (χ3n) is 2.18. The third kappa shape index (κ3) is 3.25. The van der Waals surface area contributed by atoms with Crippen LogP contribution in [-0.4, -0.2) is 16.9 Å². The van der Waals surface area contributed by atoms with Crippen LogP contribution >= 0.6 is 0 Å². The van der Waals surface area contributed by atoms with Gasteiger partial charge < -0.3 is 5.32 Å². The minimum Gasteiger partial charge on any atom is -0.349 e. The summed E-state index contributed by atoms with van der Waals surface area (Å²) in [5.74, 6) is -1.58. The van der Waals surface area contributed by atoms with Gasteiger partial charge in [-0.1, -0.05) is 0 Å². The van der Waals surface area contributed by atoms with Crippen LogP contribution in [0.3, 0.4) is 0 Å². The first-order valence-corrected chi connectivity index (χ1v) is 5.07. The highest BCUT2D eigenvalue weighted by atomic mass is 19.1. The molecule has 0 spiro atoms. The monoisotopic (exact) mass is 251 g/mol. The van der Waals surface area contributed by atoms with Crippen molar-refractivity contribution >= 4 is 11.6 Å². The summed E-state index contributed by atoms with van der Waals surface area (Å²) < 4.78 is 13.1. The van der Waals surface area contributed by atoms with Crippen molar-refractivity contribution in [3.05, 3.63) is 39.7 Å². The Morgan fingerprint density at radius 2 is 2.33 bits per heavy atom. The van der Waals surface area contributed by atoms with Gasteiger partial charge in [0.2, 0.25) is 5.82 Å². The van der Waals surface area contributed by atoms with Crippen molar-refractivity contribution in [3.63, 3.8) is 0 Å². The smallest absolute Gasteiger partial charge is 0.305 e. The first-order valence-electron chi connectivity index (χ1n) is 5.07. The van der Waals surface area contributed by atoms with Crippen LogP contribution in [0.2, 0.25) is 0 Å². The fourth-order valence-corrected chi connectivity index (χ4v) is 1.29. The van der Waals surface area contributed by atoms with Gasteiger partial charge in [-0.2, -0.15) is 9.65 Å². The van der Waals surface area contributed by atoms with E-state index in [1.165, 1.54) is 0 Å². The number of nitro groups is 1. The summed E-state index contributed by atoms with van der Waals surface area (Å²) in [7, 11) is 0. The lowest BCUT2D eigenvalue weighted by molar-refractivity contribution is -0.387. The molecular formula is C11H10FN3O3. The maximum Gasteiger partial charge on any atom is 0.305 e. The maximum absolute atomic E-state index is 13.1. The first-order chi connectivity index (χ1) is 8.45. The van der Waals surface area contributed by atoms with Crippen LogP contribution in [0.4, 0.5) is 10.1 Å². The van der Waals surface area contributed by atoms with Crippen molar-refractivity contribution in [2.45, 2.75) is 19.4 Å². The van der Waals surface area contributed by atoms with Gasteiger partial charge in [0, 0.05) is 17.7 Å². The van der Waals surface area contributed by atoms with Gasteiger partial charge in [-0.05, 0) is 19.1 Å². The fourth-order valence-electron chi connectivity index (χ4n) is 1.29. The van der Waals surface area contributed by atoms with E-state index in [2.05, 4.69) is 5.32 Å². The maximum atomic E-state index is 13.1. The number of hydrogen-bond acceptors (Lipinski definition) is 4. The molecule has 0 aliphatic heterocycles. The molecule has 0 heterocycles. The molecule has 1 N–H and O–H groups in total. The molecule has 1 rings (SSSR count). The molecule has 0 radical (unpaired) electrons. The van der Waals surface area contributed by atoms with E-state index in [1.54, 1.807) is 6.92 Å². The van der Waals surface area contributed by atoms with Gasteiger partial charge in [0.25, 0.3) is 5.91 Å². The number of nitro benzene ring substituents is 1. The third-order valence-corrected chi connectivity index (χ3v) is 2.18. The number of carbonyl (C=O) groups excluding carboxylic acids is 1. The van der Waals surface area contributed by atoms with E-state index in [9.17, 15) is 19.3 Å². The van der Waals surface area contributed by atoms with Crippen molar-refractivity contribution in [1.82, 2.24) is 5.32 Å². The zero-order chi connectivity index (χ0) is 13.7. The Balaban J connectivity index is 2.91. The lowest BCUT2D eigenvalue weighted by Crippen LogP contribution is -2.32. The van der Waals surface area contributed by atoms with E-state index in [0.717, 1.165) is 18.2 Å². The second kappa shape index (κ2) is 5.72. The number of amides is 1. The highest BCUT2D eigenvalue weighted by Crippen LogP contribution is 2.18. The van der Waals surface area contributed by atoms with Gasteiger partial charge in [-0.3, -0.25) is 14.9 Å². The zero-order valence-corrected chi connectivity index (χ0v) is 9.51. The minimum atomic E-state index is -0.998. The molecule has 0 aliphatic rings. The van der Waals surface area contributed by atoms with E-state index in [-0.39, 0.29) is 18.0 Å². The second-order valence-corrected chi connectivity index (χ2v) is 3.66. The highest BCUT2D eigenvalue weighted by molar-refractivity contribution is 5.95. The fraction of sp³-hybridized carbons (Fsp3) is 0.273. The number of nitriles is 1. The predicted octanol–water partition coefficient (Wildman–Crippen LogP) is 1.77. The Hall–Kier alpha value is -2.49. The topological polar surface area (TPSA) is 96.0 Å². The van der Waals surface area contributed by atoms with E-state index in [0.29, 0.717) is 0 Å². The van der Waals surface area contributed by atoms with Crippen LogP contribution in [0.15, 0.2) is 18.2 Å². The Morgan fingerprint density at radius 3 is 2.89 bits per heavy atom. The molecule has 6 nitrogen and oxygen atoms in total. The Morgan fingerprint density at radius 1 is 1.67 bits per heavy atom. The van der Waals surface area contributed by atoms with Crippen molar-refractivity contribution in [1.29, 1.82) is 5.26 Å². The Bertz CT molecular complexity index is 525. The van der Waals surface area contributed by atoms with E-state index < -0.39 is 22.3 Å². The number of nitrogens with zero attached hydrogens (tertiary/aromatic N) is 2. The lowest BCUT2D eigenvalue weighted by atomic mass is 10.1. The molecule has 94 valence electrons. The molecule has 0 bridgehead atoms. The van der Waals surface area contributed by atoms with Gasteiger partial charge >= 0.3 is 5.69 Å². The summed E-state index contributed by atoms with van der Waals surface area (Å²) in [5, 5.41) is 21.4. The van der Waals surface area contributed by atoms with Gasteiger partial charge in [0.1, 0.15) is 0 Å². The summed E-state index contributed by atoms with van der Waals surface area (Å²) in [6, 6.07) is 4.37. The van der Waals surface area contributed by atoms with Crippen LogP contribution in [0.5, 0.6) is 0 Å². The first kappa shape index (κ1) is 13.6. The standard InChI is InChI=1S/C11H10FN3O3/c1-7(4-5-13)14-11(16)8-2-3-9(12)10(6-8)15(17)18/h2-3,6-7H,4H2,1H3,(H,14,16). The van der Waals surface area contributed by atoms with Crippen molar-refractivity contribution in [3.8, 4) is 6.07 Å². The molecule has 0 saturated carbocycles. The summed E-state index contributed by atoms with van der Waals surface area (Å²) in [6.07, 6.45) is 0.120. The zero-order valence-electron chi connectivity index (χ0n) is 9.51. The van der Waals surface area contributed by atoms with Crippen LogP contribution in [-0.2, 0) is 0 Å². The molecule has 1 amide bonds. The highest BCUT2D eigenvalue weighted by Gasteiger charge is 2.18. The lowest BCUT2D eigenvalue weighted by Gasteiger charge is -2.10. The second-order valence-electron chi connectivity index (χ2n) is 3.66. The summed E-state index contributed by atoms with van der Waals surface area (Å²) in [6.45, 7) is 1.62. The van der Waals surface area contributed by atoms with Crippen molar-refractivity contribution in [2.24, 2.45) is 0 Å². The molecular weight excluding hydrogens is 241 g/mol. The van der Waals surface area contributed by atoms with E-state index in [4.69, 9.17) is 5.26 Å². The number of carbonyl (C=O) groups is 1. The van der Waals surface area contributed by atoms with Gasteiger partial charge in [-0.25, -0.2) is 0 Å². The average Bonchev–Trinajstić information content (AvgIpc) is 2.29. The quantitative estimate of drug-likeness (QED) is 0.651. The molecule has 1 aromatic carbocycles. The van der Waals surface area contributed by atoms with Crippen molar-refractivity contribution < 1.29 is 14.1 Å². The largest absolute Gasteiger partial charge is 0.349 e. The van der Waals surface area contributed by atoms with Gasteiger partial charge in [0.15, 0.2) is 0 Å². The molecule has 0 aliphatic carbocycles. The minimum absolute atomic E-state index is 0.0205. The Labute approximate surface area is 102 Å². The SMILES string of the molecule is CC(CC#N)NC(=O)c1ccc(F)c([N+](=O)[O-])c1.